The van der Waals surface area contributed by atoms with Crippen molar-refractivity contribution in [2.45, 2.75) is 132 Å². The fourth-order valence-corrected chi connectivity index (χ4v) is 13.2. The molecule has 0 aliphatic carbocycles. The van der Waals surface area contributed by atoms with Gasteiger partial charge in [-0.15, -0.1) is 0 Å². The molecule has 7 aromatic rings. The molecule has 29 heteroatoms. The summed E-state index contributed by atoms with van der Waals surface area (Å²) in [5.41, 5.74) is 6.09. The van der Waals surface area contributed by atoms with E-state index in [1.54, 1.807) is 38.1 Å². The number of fused-ring (bicyclic) bond motifs is 1. The molecule has 0 bridgehead atoms. The lowest BCUT2D eigenvalue weighted by Gasteiger charge is -2.27. The summed E-state index contributed by atoms with van der Waals surface area (Å²) in [5.74, 6) is -5.19. The van der Waals surface area contributed by atoms with Crippen molar-refractivity contribution in [1.82, 2.24) is 19.5 Å². The zero-order chi connectivity index (χ0) is 72.0. The van der Waals surface area contributed by atoms with E-state index in [1.165, 1.54) is 42.2 Å². The van der Waals surface area contributed by atoms with Crippen LogP contribution in [0.3, 0.4) is 0 Å². The number of carboxylic acid groups (broad SMARTS) is 3. The van der Waals surface area contributed by atoms with Gasteiger partial charge >= 0.3 is 29.8 Å². The summed E-state index contributed by atoms with van der Waals surface area (Å²) < 4.78 is 73.7. The number of aryl methyl sites for hydroxylation is 1. The Labute approximate surface area is 571 Å². The number of carboxylic acids is 3. The molecule has 0 radical (unpaired) electrons. The van der Waals surface area contributed by atoms with Gasteiger partial charge in [0.05, 0.1) is 59.9 Å². The SMILES string of the molecule is CC(=O)Oc1ccccc1C(=O)O.CC(C)c1c(C(=O)Nc2ccccc2)c(-c2ccccc2)c(-c2ccc(F)cc2)n1CC[C@@H](O)C[C@@H](O)CC(=O)O.CCOC(=O)[C@H](CCc1ccccc1)N[C@@H](C)C(=O)N1CCC[C@H]1C(=O)O.NS(=O)(=O)c1cc2c(cc1Cl)NCNS2(=O)=O. The predicted octanol–water partition coefficient (Wildman–Crippen LogP) is 8.88. The number of aliphatic hydroxyl groups is 2. The first kappa shape index (κ1) is 77.6. The Morgan fingerprint density at radius 1 is 0.806 bits per heavy atom. The molecule has 0 saturated carbocycles. The average Bonchev–Trinajstić information content (AvgIpc) is 1.58. The van der Waals surface area contributed by atoms with Crippen molar-refractivity contribution in [2.75, 3.05) is 30.5 Å². The van der Waals surface area contributed by atoms with E-state index in [0.717, 1.165) is 22.9 Å². The minimum Gasteiger partial charge on any atom is -0.481 e. The maximum Gasteiger partial charge on any atom is 0.339 e. The van der Waals surface area contributed by atoms with Crippen LogP contribution in [0, 0.1) is 5.82 Å². The molecule has 2 aliphatic rings. The fourth-order valence-electron chi connectivity index (χ4n) is 10.9. The first-order chi connectivity index (χ1) is 46.4. The van der Waals surface area contributed by atoms with Crippen molar-refractivity contribution in [3.63, 3.8) is 0 Å². The van der Waals surface area contributed by atoms with E-state index in [1.807, 2.05) is 109 Å². The third-order valence-corrected chi connectivity index (χ3v) is 18.1. The van der Waals surface area contributed by atoms with Gasteiger partial charge in [0.15, 0.2) is 0 Å². The van der Waals surface area contributed by atoms with E-state index >= 15 is 0 Å². The average molecular weight is 1410 g/mol. The number of para-hydroxylation sites is 2. The number of hydrogen-bond acceptors (Lipinski definition) is 17. The number of rotatable bonds is 24. The molecule has 1 aromatic heterocycles. The van der Waals surface area contributed by atoms with E-state index in [-0.39, 0.29) is 83.1 Å². The Balaban J connectivity index is 0.000000227. The van der Waals surface area contributed by atoms with Crippen molar-refractivity contribution >= 4 is 84.7 Å². The number of halogens is 2. The summed E-state index contributed by atoms with van der Waals surface area (Å²) in [6.07, 6.45) is -0.219. The number of ether oxygens (including phenoxy) is 2. The number of aliphatic hydroxyl groups excluding tert-OH is 2. The summed E-state index contributed by atoms with van der Waals surface area (Å²) in [6.45, 7) is 9.58. The van der Waals surface area contributed by atoms with Gasteiger partial charge in [0.2, 0.25) is 26.0 Å². The van der Waals surface area contributed by atoms with Gasteiger partial charge in [-0.05, 0) is 136 Å². The molecular weight excluding hydrogens is 1330 g/mol. The van der Waals surface area contributed by atoms with E-state index in [0.29, 0.717) is 60.3 Å². The van der Waals surface area contributed by atoms with Crippen LogP contribution in [0.4, 0.5) is 15.8 Å². The van der Waals surface area contributed by atoms with Crippen LogP contribution < -0.4 is 30.5 Å². The van der Waals surface area contributed by atoms with E-state index in [4.69, 9.17) is 31.7 Å². The summed E-state index contributed by atoms with van der Waals surface area (Å²) >= 11 is 5.72. The smallest absolute Gasteiger partial charge is 0.339 e. The fraction of sp³-hybridized carbons (Fsp3) is 0.319. The van der Waals surface area contributed by atoms with Gasteiger partial charge in [-0.25, -0.2) is 36.0 Å². The number of benzene rings is 6. The zero-order valence-electron chi connectivity index (χ0n) is 54.3. The molecule has 11 N–H and O–H groups in total. The predicted molar refractivity (Wildman–Crippen MR) is 364 cm³/mol. The second-order valence-corrected chi connectivity index (χ2v) is 26.6. The Hall–Kier alpha value is -9.39. The highest BCUT2D eigenvalue weighted by molar-refractivity contribution is 7.90. The first-order valence-electron chi connectivity index (χ1n) is 31.0. The second-order valence-electron chi connectivity index (χ2n) is 22.9. The number of aromatic nitrogens is 1. The number of amides is 2. The van der Waals surface area contributed by atoms with Crippen LogP contribution in [0.1, 0.15) is 111 Å². The number of likely N-dealkylation sites (tertiary alicyclic amines) is 1. The number of esters is 2. The quantitative estimate of drug-likeness (QED) is 0.0199. The summed E-state index contributed by atoms with van der Waals surface area (Å²) in [4.78, 5) is 83.3. The monoisotopic (exact) mass is 1410 g/mol. The maximum absolute atomic E-state index is 14.0. The van der Waals surface area contributed by atoms with Gasteiger partial charge in [0.1, 0.15) is 39.0 Å². The number of nitrogens with zero attached hydrogens (tertiary/aromatic N) is 2. The van der Waals surface area contributed by atoms with Crippen LogP contribution in [0.15, 0.2) is 161 Å². The second kappa shape index (κ2) is 36.3. The number of carbonyl (C=O) groups is 7. The van der Waals surface area contributed by atoms with Crippen LogP contribution in [0.2, 0.25) is 5.02 Å². The van der Waals surface area contributed by atoms with Gasteiger partial charge < -0.3 is 55.1 Å². The molecule has 2 amide bonds. The lowest BCUT2D eigenvalue weighted by molar-refractivity contribution is -0.150. The number of sulfonamides is 2. The molecule has 1 saturated heterocycles. The minimum absolute atomic E-state index is 0.0143. The highest BCUT2D eigenvalue weighted by Crippen LogP contribution is 2.43. The number of aromatic carboxylic acids is 1. The number of aliphatic carboxylic acids is 2. The van der Waals surface area contributed by atoms with Crippen LogP contribution in [0.5, 0.6) is 5.75 Å². The van der Waals surface area contributed by atoms with E-state index in [2.05, 4.69) is 25.4 Å². The van der Waals surface area contributed by atoms with Crippen molar-refractivity contribution in [2.24, 2.45) is 5.14 Å². The highest BCUT2D eigenvalue weighted by atomic mass is 35.5. The lowest BCUT2D eigenvalue weighted by atomic mass is 9.94. The molecule has 98 heavy (non-hydrogen) atoms. The summed E-state index contributed by atoms with van der Waals surface area (Å²) in [6, 6.07) is 40.6. The van der Waals surface area contributed by atoms with Gasteiger partial charge in [0, 0.05) is 37.0 Å². The summed E-state index contributed by atoms with van der Waals surface area (Å²) in [7, 11) is -7.80. The molecule has 1 fully saturated rings. The summed E-state index contributed by atoms with van der Waals surface area (Å²) in [5, 5.41) is 61.3. The van der Waals surface area contributed by atoms with Crippen LogP contribution in [-0.2, 0) is 61.7 Å². The van der Waals surface area contributed by atoms with Crippen LogP contribution in [-0.4, -0.2) is 144 Å². The molecule has 0 spiro atoms. The molecule has 5 atom stereocenters. The number of carbonyl (C=O) groups excluding carboxylic acids is 4. The van der Waals surface area contributed by atoms with Gasteiger partial charge in [-0.1, -0.05) is 116 Å². The molecule has 524 valence electrons. The largest absolute Gasteiger partial charge is 0.481 e. The Morgan fingerprint density at radius 3 is 2.00 bits per heavy atom. The number of hydrogen-bond donors (Lipinski definition) is 10. The molecular formula is C69H79ClFN7O18S2. The standard InChI is InChI=1S/C33H35FN2O5.C20H28N2O5.C9H8O4.C7H8ClN3O4S2/c1-21(2)31-30(33(41)35-25-11-7-4-8-12-25)29(22-9-5-3-6-10-22)32(23-13-15-24(34)16-14-23)36(31)18-17-26(37)19-27(38)20-28(39)40;1-3-27-20(26)16(12-11-15-8-5-4-6-9-15)21-14(2)18(23)22-13-7-10-17(22)19(24)25;1-6(10)13-8-5-3-2-4-7(8)9(11)12;8-4-1-5-7(2-6(4)16(9,12)13)17(14,15)11-3-10-5/h3-16,21,26-27,37-38H,17-20H2,1-2H3,(H,35,41)(H,39,40);4-6,8-9,14,16-17,21H,3,7,10-13H2,1-2H3,(H,24,25);2-5H,1H3,(H,11,12);1-2,10-11H,3H2,(H2,9,12,13)/t26-,27-;14-,16-,17-;;/m10../s1. The number of anilines is 2. The molecule has 0 unspecified atom stereocenters. The third-order valence-electron chi connectivity index (χ3n) is 15.3. The number of nitrogens with one attached hydrogen (secondary N) is 4. The van der Waals surface area contributed by atoms with Crippen molar-refractivity contribution in [3.05, 3.63) is 185 Å². The Kier molecular flexibility index (Phi) is 28.7. The normalized spacial score (nSPS) is 14.9. The lowest BCUT2D eigenvalue weighted by Crippen LogP contribution is -2.53. The van der Waals surface area contributed by atoms with Crippen LogP contribution >= 0.6 is 11.6 Å². The molecule has 6 aromatic carbocycles. The molecule has 2 aliphatic heterocycles. The maximum atomic E-state index is 14.0. The topological polar surface area (TPSA) is 390 Å². The Morgan fingerprint density at radius 2 is 1.42 bits per heavy atom. The number of nitrogens with two attached hydrogens (primary N) is 1. The van der Waals surface area contributed by atoms with Gasteiger partial charge in [-0.2, -0.15) is 4.72 Å². The molecule has 3 heterocycles. The third kappa shape index (κ3) is 22.1. The highest BCUT2D eigenvalue weighted by Gasteiger charge is 2.38. The molecule has 9 rings (SSSR count). The number of primary sulfonamides is 1. The van der Waals surface area contributed by atoms with E-state index < -0.39 is 91.5 Å². The van der Waals surface area contributed by atoms with Gasteiger partial charge in [-0.3, -0.25) is 29.3 Å². The van der Waals surface area contributed by atoms with Crippen molar-refractivity contribution < 1.29 is 89.8 Å². The molecule has 25 nitrogen and oxygen atoms in total. The minimum atomic E-state index is -4.07. The van der Waals surface area contributed by atoms with Crippen molar-refractivity contribution in [3.8, 4) is 28.1 Å². The zero-order valence-corrected chi connectivity index (χ0v) is 56.7. The first-order valence-corrected chi connectivity index (χ1v) is 34.4. The Bertz CT molecular complexity index is 4150. The van der Waals surface area contributed by atoms with Gasteiger partial charge in [0.25, 0.3) is 5.91 Å². The van der Waals surface area contributed by atoms with E-state index in [9.17, 15) is 70.1 Å². The van der Waals surface area contributed by atoms with Crippen molar-refractivity contribution in [1.29, 1.82) is 0 Å². The van der Waals surface area contributed by atoms with Crippen LogP contribution in [0.25, 0.3) is 22.4 Å².